The summed E-state index contributed by atoms with van der Waals surface area (Å²) in [5.41, 5.74) is 7.07. The Morgan fingerprint density at radius 3 is 2.22 bits per heavy atom. The van der Waals surface area contributed by atoms with Crippen LogP contribution in [0.25, 0.3) is 6.08 Å². The van der Waals surface area contributed by atoms with Crippen LogP contribution in [0.2, 0.25) is 0 Å². The number of anilines is 1. The average molecular weight is 373 g/mol. The highest BCUT2D eigenvalue weighted by Crippen LogP contribution is 2.56. The number of methoxy groups -OCH3 is 4. The van der Waals surface area contributed by atoms with Crippen LogP contribution >= 0.6 is 0 Å². The molecular formula is C19H19NO7. The van der Waals surface area contributed by atoms with Gasteiger partial charge in [-0.1, -0.05) is 6.07 Å². The highest BCUT2D eigenvalue weighted by molar-refractivity contribution is 6.17. The second kappa shape index (κ2) is 6.99. The number of aromatic hydroxyl groups is 1. The molecule has 2 aromatic carbocycles. The maximum Gasteiger partial charge on any atom is 0.236 e. The van der Waals surface area contributed by atoms with Gasteiger partial charge >= 0.3 is 0 Å². The number of ketones is 1. The van der Waals surface area contributed by atoms with Crippen LogP contribution in [0.3, 0.4) is 0 Å². The van der Waals surface area contributed by atoms with E-state index in [1.165, 1.54) is 34.5 Å². The van der Waals surface area contributed by atoms with Gasteiger partial charge in [0.2, 0.25) is 23.0 Å². The predicted molar refractivity (Wildman–Crippen MR) is 98.1 cm³/mol. The van der Waals surface area contributed by atoms with Gasteiger partial charge in [-0.25, -0.2) is 0 Å². The molecule has 142 valence electrons. The van der Waals surface area contributed by atoms with Crippen LogP contribution in [0.5, 0.6) is 34.5 Å². The van der Waals surface area contributed by atoms with Gasteiger partial charge < -0.3 is 34.5 Å². The molecule has 3 rings (SSSR count). The molecule has 0 atom stereocenters. The molecule has 1 aliphatic rings. The van der Waals surface area contributed by atoms with Crippen molar-refractivity contribution in [1.29, 1.82) is 0 Å². The molecule has 0 radical (unpaired) electrons. The monoisotopic (exact) mass is 373 g/mol. The fraction of sp³-hybridized carbons (Fsp3) is 0.211. The molecule has 0 amide bonds. The minimum Gasteiger partial charge on any atom is -0.501 e. The number of carbonyl (C=O) groups excluding carboxylic acids is 1. The lowest BCUT2D eigenvalue weighted by Crippen LogP contribution is -2.02. The Hall–Kier alpha value is -3.55. The van der Waals surface area contributed by atoms with Crippen molar-refractivity contribution in [3.8, 4) is 34.5 Å². The Bertz CT molecular complexity index is 950. The Balaban J connectivity index is 2.13. The molecule has 0 bridgehead atoms. The van der Waals surface area contributed by atoms with E-state index < -0.39 is 5.78 Å². The summed E-state index contributed by atoms with van der Waals surface area (Å²) >= 11 is 0. The Morgan fingerprint density at radius 2 is 1.67 bits per heavy atom. The maximum atomic E-state index is 12.9. The summed E-state index contributed by atoms with van der Waals surface area (Å²) in [7, 11) is 5.58. The lowest BCUT2D eigenvalue weighted by atomic mass is 10.1. The predicted octanol–water partition coefficient (Wildman–Crippen LogP) is 2.62. The van der Waals surface area contributed by atoms with Gasteiger partial charge in [-0.3, -0.25) is 4.79 Å². The minimum absolute atomic E-state index is 0.0139. The van der Waals surface area contributed by atoms with Crippen LogP contribution in [-0.4, -0.2) is 39.3 Å². The minimum atomic E-state index is -0.437. The van der Waals surface area contributed by atoms with Crippen LogP contribution in [-0.2, 0) is 0 Å². The van der Waals surface area contributed by atoms with E-state index in [1.54, 1.807) is 18.2 Å². The van der Waals surface area contributed by atoms with Gasteiger partial charge in [0, 0.05) is 0 Å². The van der Waals surface area contributed by atoms with E-state index in [1.807, 2.05) is 0 Å². The van der Waals surface area contributed by atoms with E-state index in [0.717, 1.165) is 0 Å². The summed E-state index contributed by atoms with van der Waals surface area (Å²) in [5.74, 6) is -0.116. The van der Waals surface area contributed by atoms with Gasteiger partial charge in [0.15, 0.2) is 17.3 Å². The zero-order valence-electron chi connectivity index (χ0n) is 15.3. The lowest BCUT2D eigenvalue weighted by Gasteiger charge is -2.15. The van der Waals surface area contributed by atoms with Crippen molar-refractivity contribution >= 4 is 17.5 Å². The molecular weight excluding hydrogens is 354 g/mol. The summed E-state index contributed by atoms with van der Waals surface area (Å²) in [5, 5.41) is 10.4. The fourth-order valence-corrected chi connectivity index (χ4v) is 2.89. The lowest BCUT2D eigenvalue weighted by molar-refractivity contribution is 0.101. The zero-order valence-corrected chi connectivity index (χ0v) is 15.3. The first-order valence-corrected chi connectivity index (χ1v) is 7.89. The molecule has 0 saturated carbocycles. The topological polar surface area (TPSA) is 109 Å². The summed E-state index contributed by atoms with van der Waals surface area (Å²) in [6.45, 7) is 0. The number of phenolic OH excluding ortho intramolecular Hbond substituents is 1. The molecule has 0 saturated heterocycles. The van der Waals surface area contributed by atoms with Crippen molar-refractivity contribution in [2.45, 2.75) is 0 Å². The van der Waals surface area contributed by atoms with Gasteiger partial charge in [-0.15, -0.1) is 0 Å². The molecule has 1 heterocycles. The van der Waals surface area contributed by atoms with Gasteiger partial charge in [0.25, 0.3) is 0 Å². The van der Waals surface area contributed by atoms with Crippen molar-refractivity contribution in [3.05, 3.63) is 35.1 Å². The molecule has 2 aromatic rings. The number of benzene rings is 2. The molecule has 0 spiro atoms. The average Bonchev–Trinajstić information content (AvgIpc) is 2.97. The van der Waals surface area contributed by atoms with E-state index >= 15 is 0 Å². The van der Waals surface area contributed by atoms with Crippen molar-refractivity contribution in [1.82, 2.24) is 0 Å². The number of fused-ring (bicyclic) bond motifs is 1. The van der Waals surface area contributed by atoms with E-state index in [2.05, 4.69) is 0 Å². The van der Waals surface area contributed by atoms with E-state index in [0.29, 0.717) is 17.0 Å². The second-order valence-electron chi connectivity index (χ2n) is 5.59. The normalized spacial score (nSPS) is 13.9. The number of Topliss-reactive ketones (excluding diaryl/α,β-unsaturated/α-hetero) is 1. The summed E-state index contributed by atoms with van der Waals surface area (Å²) in [4.78, 5) is 12.9. The third-order valence-corrected chi connectivity index (χ3v) is 4.12. The summed E-state index contributed by atoms with van der Waals surface area (Å²) in [6.07, 6.45) is 1.53. The number of hydrogen-bond donors (Lipinski definition) is 2. The van der Waals surface area contributed by atoms with Gasteiger partial charge in [-0.05, 0) is 23.8 Å². The highest BCUT2D eigenvalue weighted by Gasteiger charge is 2.39. The van der Waals surface area contributed by atoms with Gasteiger partial charge in [-0.2, -0.15) is 0 Å². The smallest absolute Gasteiger partial charge is 0.236 e. The number of hydrogen-bond acceptors (Lipinski definition) is 8. The first-order valence-electron chi connectivity index (χ1n) is 7.89. The Kier molecular flexibility index (Phi) is 4.72. The van der Waals surface area contributed by atoms with Crippen molar-refractivity contribution in [2.75, 3.05) is 34.2 Å². The SMILES string of the molecule is COc1ccc(/C=C2\Oc3c(OC)c(O)c(OC)c(OC)c3C2=O)cc1N. The number of allylic oxidation sites excluding steroid dienone is 1. The van der Waals surface area contributed by atoms with E-state index in [-0.39, 0.29) is 40.1 Å². The summed E-state index contributed by atoms with van der Waals surface area (Å²) in [6, 6.07) is 5.07. The van der Waals surface area contributed by atoms with Crippen LogP contribution in [0.15, 0.2) is 24.0 Å². The number of carbonyl (C=O) groups is 1. The van der Waals surface area contributed by atoms with Crippen LogP contribution in [0.1, 0.15) is 15.9 Å². The molecule has 1 aliphatic heterocycles. The third-order valence-electron chi connectivity index (χ3n) is 4.12. The third kappa shape index (κ3) is 2.84. The second-order valence-corrected chi connectivity index (χ2v) is 5.59. The van der Waals surface area contributed by atoms with Crippen LogP contribution < -0.4 is 29.4 Å². The van der Waals surface area contributed by atoms with Crippen molar-refractivity contribution in [3.63, 3.8) is 0 Å². The van der Waals surface area contributed by atoms with Crippen LogP contribution in [0, 0.1) is 0 Å². The van der Waals surface area contributed by atoms with E-state index in [9.17, 15) is 9.90 Å². The van der Waals surface area contributed by atoms with E-state index in [4.69, 9.17) is 29.4 Å². The number of nitrogens with two attached hydrogens (primary N) is 1. The molecule has 0 aromatic heterocycles. The Morgan fingerprint density at radius 1 is 1.00 bits per heavy atom. The first kappa shape index (κ1) is 18.2. The number of ether oxygens (including phenoxy) is 5. The number of nitrogen functional groups attached to an aromatic ring is 1. The molecule has 27 heavy (non-hydrogen) atoms. The quantitative estimate of drug-likeness (QED) is 0.608. The fourth-order valence-electron chi connectivity index (χ4n) is 2.89. The molecule has 8 nitrogen and oxygen atoms in total. The molecule has 8 heteroatoms. The Labute approximate surface area is 155 Å². The van der Waals surface area contributed by atoms with Gasteiger partial charge in [0.05, 0.1) is 34.1 Å². The van der Waals surface area contributed by atoms with Crippen molar-refractivity contribution < 1.29 is 33.6 Å². The first-order chi connectivity index (χ1) is 13.0. The van der Waals surface area contributed by atoms with Crippen molar-refractivity contribution in [2.24, 2.45) is 0 Å². The molecule has 0 aliphatic carbocycles. The number of phenols is 1. The summed E-state index contributed by atoms with van der Waals surface area (Å²) < 4.78 is 26.4. The molecule has 3 N–H and O–H groups in total. The molecule has 0 fully saturated rings. The standard InChI is InChI=1S/C19H19NO7/c1-23-11-6-5-9(7-10(11)20)8-12-14(21)13-16(24-2)18(25-3)15(22)19(26-4)17(13)27-12/h5-8,22H,20H2,1-4H3/b12-8-. The largest absolute Gasteiger partial charge is 0.501 e. The highest BCUT2D eigenvalue weighted by atomic mass is 16.5. The van der Waals surface area contributed by atoms with Crippen LogP contribution in [0.4, 0.5) is 5.69 Å². The molecule has 0 unspecified atom stereocenters. The number of rotatable bonds is 5. The zero-order chi connectivity index (χ0) is 19.7. The van der Waals surface area contributed by atoms with Gasteiger partial charge in [0.1, 0.15) is 11.3 Å². The maximum absolute atomic E-state index is 12.9.